The average molecular weight is 408 g/mol. The smallest absolute Gasteiger partial charge is 0.343 e. The van der Waals surface area contributed by atoms with Gasteiger partial charge in [0.05, 0.1) is 0 Å². The highest BCUT2D eigenvalue weighted by Crippen LogP contribution is 2.35. The van der Waals surface area contributed by atoms with Gasteiger partial charge in [-0.15, -0.1) is 0 Å². The number of halogens is 4. The number of carbonyl (C=O) groups is 2. The summed E-state index contributed by atoms with van der Waals surface area (Å²) < 4.78 is 51.0. The molecule has 0 bridgehead atoms. The number of alkyl halides is 3. The molecule has 0 saturated carbocycles. The van der Waals surface area contributed by atoms with Gasteiger partial charge < -0.3 is 10.6 Å². The maximum Gasteiger partial charge on any atom is 0.405 e. The molecule has 29 heavy (non-hydrogen) atoms. The van der Waals surface area contributed by atoms with Crippen molar-refractivity contribution < 1.29 is 27.2 Å². The predicted molar refractivity (Wildman–Crippen MR) is 100 cm³/mol. The second kappa shape index (κ2) is 8.23. The van der Waals surface area contributed by atoms with Crippen LogP contribution < -0.4 is 10.6 Å². The fraction of sp³-hybridized carbons (Fsp3) is 0.333. The van der Waals surface area contributed by atoms with E-state index in [0.717, 1.165) is 24.5 Å². The summed E-state index contributed by atoms with van der Waals surface area (Å²) in [5, 5.41) is 4.29. The van der Waals surface area contributed by atoms with Crippen LogP contribution in [0.3, 0.4) is 0 Å². The Morgan fingerprint density at radius 1 is 1.17 bits per heavy atom. The van der Waals surface area contributed by atoms with Crippen molar-refractivity contribution >= 4 is 17.5 Å². The lowest BCUT2D eigenvalue weighted by Crippen LogP contribution is -2.33. The summed E-state index contributed by atoms with van der Waals surface area (Å²) in [7, 11) is 0. The number of carbonyl (C=O) groups excluding carboxylic acids is 2. The molecule has 2 aromatic carbocycles. The van der Waals surface area contributed by atoms with Gasteiger partial charge in [-0.05, 0) is 48.9 Å². The third kappa shape index (κ3) is 5.13. The standard InChI is InChI=1S/C21H20F4N2O2/c1-12-17(22)8-15(20(29)26-11-21(23,24)25)9-18(12)27-19(28)10-14-7-6-13-4-2-3-5-16(13)14/h2-5,8-9,14H,6-7,10-11H2,1H3,(H,26,29)(H,27,28). The minimum Gasteiger partial charge on any atom is -0.343 e. The fourth-order valence-corrected chi connectivity index (χ4v) is 3.50. The van der Waals surface area contributed by atoms with Gasteiger partial charge >= 0.3 is 6.18 Å². The Morgan fingerprint density at radius 3 is 2.62 bits per heavy atom. The SMILES string of the molecule is Cc1c(F)cc(C(=O)NCC(F)(F)F)cc1NC(=O)CC1CCc2ccccc21. The highest BCUT2D eigenvalue weighted by Gasteiger charge is 2.28. The zero-order chi connectivity index (χ0) is 21.2. The highest BCUT2D eigenvalue weighted by atomic mass is 19.4. The molecule has 2 amide bonds. The van der Waals surface area contributed by atoms with Crippen molar-refractivity contribution in [1.29, 1.82) is 0 Å². The Balaban J connectivity index is 1.71. The third-order valence-corrected chi connectivity index (χ3v) is 5.02. The first-order valence-corrected chi connectivity index (χ1v) is 9.17. The second-order valence-electron chi connectivity index (χ2n) is 7.12. The highest BCUT2D eigenvalue weighted by molar-refractivity contribution is 5.98. The van der Waals surface area contributed by atoms with Crippen LogP contribution in [0.15, 0.2) is 36.4 Å². The first-order valence-electron chi connectivity index (χ1n) is 9.17. The summed E-state index contributed by atoms with van der Waals surface area (Å²) in [5.74, 6) is -2.15. The molecule has 2 N–H and O–H groups in total. The van der Waals surface area contributed by atoms with Crippen molar-refractivity contribution in [3.8, 4) is 0 Å². The van der Waals surface area contributed by atoms with Gasteiger partial charge in [0, 0.05) is 23.2 Å². The lowest BCUT2D eigenvalue weighted by molar-refractivity contribution is -0.123. The molecule has 154 valence electrons. The zero-order valence-corrected chi connectivity index (χ0v) is 15.7. The topological polar surface area (TPSA) is 58.2 Å². The molecule has 0 aromatic heterocycles. The molecule has 0 spiro atoms. The molecule has 0 saturated heterocycles. The van der Waals surface area contributed by atoms with Crippen LogP contribution in [0.2, 0.25) is 0 Å². The van der Waals surface area contributed by atoms with E-state index < -0.39 is 24.4 Å². The molecule has 1 aliphatic carbocycles. The molecule has 1 atom stereocenters. The van der Waals surface area contributed by atoms with E-state index in [4.69, 9.17) is 0 Å². The number of hydrogen-bond acceptors (Lipinski definition) is 2. The molecule has 4 nitrogen and oxygen atoms in total. The van der Waals surface area contributed by atoms with Crippen LogP contribution in [-0.4, -0.2) is 24.5 Å². The first kappa shape index (κ1) is 20.8. The van der Waals surface area contributed by atoms with E-state index in [1.165, 1.54) is 18.6 Å². The van der Waals surface area contributed by atoms with Crippen molar-refractivity contribution in [1.82, 2.24) is 5.32 Å². The van der Waals surface area contributed by atoms with Crippen LogP contribution >= 0.6 is 0 Å². The molecule has 0 heterocycles. The molecular formula is C21H20F4N2O2. The number of nitrogens with one attached hydrogen (secondary N) is 2. The van der Waals surface area contributed by atoms with Gasteiger partial charge in [-0.1, -0.05) is 24.3 Å². The number of amides is 2. The predicted octanol–water partition coefficient (Wildman–Crippen LogP) is 4.48. The monoisotopic (exact) mass is 408 g/mol. The van der Waals surface area contributed by atoms with Crippen molar-refractivity contribution in [3.63, 3.8) is 0 Å². The largest absolute Gasteiger partial charge is 0.405 e. The van der Waals surface area contributed by atoms with Crippen molar-refractivity contribution in [2.75, 3.05) is 11.9 Å². The summed E-state index contributed by atoms with van der Waals surface area (Å²) >= 11 is 0. The quantitative estimate of drug-likeness (QED) is 0.717. The average Bonchev–Trinajstić information content (AvgIpc) is 3.05. The minimum atomic E-state index is -4.58. The van der Waals surface area contributed by atoms with Crippen molar-refractivity contribution in [2.45, 2.75) is 38.3 Å². The number of anilines is 1. The van der Waals surface area contributed by atoms with Gasteiger partial charge in [0.25, 0.3) is 5.91 Å². The number of hydrogen-bond donors (Lipinski definition) is 2. The van der Waals surface area contributed by atoms with E-state index in [-0.39, 0.29) is 35.1 Å². The van der Waals surface area contributed by atoms with Gasteiger partial charge in [0.2, 0.25) is 5.91 Å². The number of aryl methyl sites for hydroxylation is 1. The van der Waals surface area contributed by atoms with Gasteiger partial charge in [-0.2, -0.15) is 13.2 Å². The molecule has 1 aliphatic rings. The third-order valence-electron chi connectivity index (χ3n) is 5.02. The van der Waals surface area contributed by atoms with E-state index in [9.17, 15) is 27.2 Å². The van der Waals surface area contributed by atoms with Crippen LogP contribution in [0.4, 0.5) is 23.2 Å². The van der Waals surface area contributed by atoms with Crippen LogP contribution in [0, 0.1) is 12.7 Å². The first-order chi connectivity index (χ1) is 13.6. The van der Waals surface area contributed by atoms with E-state index >= 15 is 0 Å². The molecule has 8 heteroatoms. The molecule has 0 radical (unpaired) electrons. The van der Waals surface area contributed by atoms with E-state index in [0.29, 0.717) is 0 Å². The van der Waals surface area contributed by atoms with E-state index in [2.05, 4.69) is 5.32 Å². The Hall–Kier alpha value is -2.90. The Bertz CT molecular complexity index is 941. The zero-order valence-electron chi connectivity index (χ0n) is 15.7. The summed E-state index contributed by atoms with van der Waals surface area (Å²) in [5.41, 5.74) is 2.21. The lowest BCUT2D eigenvalue weighted by Gasteiger charge is -2.15. The second-order valence-corrected chi connectivity index (χ2v) is 7.12. The summed E-state index contributed by atoms with van der Waals surface area (Å²) in [6, 6.07) is 9.90. The molecule has 0 fully saturated rings. The Kier molecular flexibility index (Phi) is 5.91. The normalized spacial score (nSPS) is 15.7. The minimum absolute atomic E-state index is 0.0506. The van der Waals surface area contributed by atoms with Crippen LogP contribution in [-0.2, 0) is 11.2 Å². The molecule has 2 aromatic rings. The van der Waals surface area contributed by atoms with Gasteiger partial charge in [0.1, 0.15) is 12.4 Å². The number of fused-ring (bicyclic) bond motifs is 1. The van der Waals surface area contributed by atoms with Crippen LogP contribution in [0.25, 0.3) is 0 Å². The van der Waals surface area contributed by atoms with Crippen molar-refractivity contribution in [2.24, 2.45) is 0 Å². The lowest BCUT2D eigenvalue weighted by atomic mass is 9.97. The molecule has 3 rings (SSSR count). The van der Waals surface area contributed by atoms with Gasteiger partial charge in [0.15, 0.2) is 0 Å². The van der Waals surface area contributed by atoms with Crippen LogP contribution in [0.1, 0.15) is 45.8 Å². The van der Waals surface area contributed by atoms with Gasteiger partial charge in [-0.3, -0.25) is 9.59 Å². The van der Waals surface area contributed by atoms with E-state index in [1.54, 1.807) is 5.32 Å². The Morgan fingerprint density at radius 2 is 1.90 bits per heavy atom. The van der Waals surface area contributed by atoms with Crippen molar-refractivity contribution in [3.05, 3.63) is 64.5 Å². The summed E-state index contributed by atoms with van der Waals surface area (Å²) in [6.07, 6.45) is -2.66. The number of benzene rings is 2. The summed E-state index contributed by atoms with van der Waals surface area (Å²) in [4.78, 5) is 24.4. The maximum absolute atomic E-state index is 14.2. The summed E-state index contributed by atoms with van der Waals surface area (Å²) in [6.45, 7) is -0.0999. The van der Waals surface area contributed by atoms with Gasteiger partial charge in [-0.25, -0.2) is 4.39 Å². The van der Waals surface area contributed by atoms with E-state index in [1.807, 2.05) is 24.3 Å². The molecular weight excluding hydrogens is 388 g/mol. The molecule has 1 unspecified atom stereocenters. The number of rotatable bonds is 5. The fourth-order valence-electron chi connectivity index (χ4n) is 3.50. The maximum atomic E-state index is 14.2. The molecule has 0 aliphatic heterocycles. The van der Waals surface area contributed by atoms with Crippen LogP contribution in [0.5, 0.6) is 0 Å². The Labute approximate surface area is 165 Å².